The number of benzene rings is 1. The molecule has 0 saturated heterocycles. The second-order valence-corrected chi connectivity index (χ2v) is 4.00. The van der Waals surface area contributed by atoms with Gasteiger partial charge >= 0.3 is 0 Å². The molecule has 0 aliphatic carbocycles. The van der Waals surface area contributed by atoms with Crippen LogP contribution in [0.2, 0.25) is 0 Å². The van der Waals surface area contributed by atoms with Crippen LogP contribution in [-0.4, -0.2) is 11.6 Å². The Kier molecular flexibility index (Phi) is 3.67. The Labute approximate surface area is 105 Å². The molecule has 2 rings (SSSR count). The topological polar surface area (TPSA) is 68.1 Å². The maximum absolute atomic E-state index is 11.5. The van der Waals surface area contributed by atoms with Crippen LogP contribution in [0.15, 0.2) is 41.2 Å². The van der Waals surface area contributed by atoms with Crippen molar-refractivity contribution in [2.45, 2.75) is 13.3 Å². The number of nitrogen functional groups attached to an aromatic ring is 1. The molecule has 0 spiro atoms. The molecule has 1 aromatic carbocycles. The molecular weight excluding hydrogens is 228 g/mol. The average Bonchev–Trinajstić information content (AvgIpc) is 2.40. The molecule has 0 bridgehead atoms. The van der Waals surface area contributed by atoms with Crippen LogP contribution < -0.4 is 16.0 Å². The van der Waals surface area contributed by atoms with E-state index in [4.69, 9.17) is 10.5 Å². The second kappa shape index (κ2) is 5.40. The summed E-state index contributed by atoms with van der Waals surface area (Å²) in [4.78, 5) is 14.3. The fraction of sp³-hybridized carbons (Fsp3) is 0.214. The number of nitrogens with two attached hydrogens (primary N) is 1. The number of anilines is 1. The monoisotopic (exact) mass is 244 g/mol. The van der Waals surface area contributed by atoms with Gasteiger partial charge < -0.3 is 15.5 Å². The summed E-state index contributed by atoms with van der Waals surface area (Å²) in [6.45, 7) is 2.70. The summed E-state index contributed by atoms with van der Waals surface area (Å²) in [6.07, 6.45) is 0.937. The van der Waals surface area contributed by atoms with E-state index in [0.717, 1.165) is 17.7 Å². The zero-order chi connectivity index (χ0) is 13.0. The highest BCUT2D eigenvalue weighted by Gasteiger charge is 2.07. The van der Waals surface area contributed by atoms with E-state index in [0.29, 0.717) is 12.3 Å². The SMILES string of the molecule is CCCOc1ccccc1-c1ccc(N)c(=O)[nH]1. The molecule has 0 radical (unpaired) electrons. The number of pyridine rings is 1. The van der Waals surface area contributed by atoms with E-state index < -0.39 is 0 Å². The fourth-order valence-corrected chi connectivity index (χ4v) is 1.67. The number of rotatable bonds is 4. The third kappa shape index (κ3) is 2.53. The van der Waals surface area contributed by atoms with E-state index in [2.05, 4.69) is 4.98 Å². The Morgan fingerprint density at radius 2 is 2.00 bits per heavy atom. The maximum atomic E-state index is 11.5. The first kappa shape index (κ1) is 12.2. The predicted molar refractivity (Wildman–Crippen MR) is 72.7 cm³/mol. The first-order chi connectivity index (χ1) is 8.72. The molecule has 18 heavy (non-hydrogen) atoms. The summed E-state index contributed by atoms with van der Waals surface area (Å²) >= 11 is 0. The van der Waals surface area contributed by atoms with Crippen molar-refractivity contribution in [2.75, 3.05) is 12.3 Å². The first-order valence-electron chi connectivity index (χ1n) is 5.93. The van der Waals surface area contributed by atoms with Crippen LogP contribution in [0, 0.1) is 0 Å². The van der Waals surface area contributed by atoms with Crippen molar-refractivity contribution in [3.8, 4) is 17.0 Å². The molecule has 0 amide bonds. The Bertz CT molecular complexity index is 590. The second-order valence-electron chi connectivity index (χ2n) is 4.00. The Morgan fingerprint density at radius 1 is 1.22 bits per heavy atom. The molecule has 0 unspecified atom stereocenters. The summed E-state index contributed by atoms with van der Waals surface area (Å²) in [5.41, 5.74) is 7.02. The summed E-state index contributed by atoms with van der Waals surface area (Å²) in [6, 6.07) is 11.0. The minimum Gasteiger partial charge on any atom is -0.493 e. The maximum Gasteiger partial charge on any atom is 0.271 e. The lowest BCUT2D eigenvalue weighted by Crippen LogP contribution is -2.11. The number of para-hydroxylation sites is 1. The lowest BCUT2D eigenvalue weighted by atomic mass is 10.1. The molecule has 1 aromatic heterocycles. The fourth-order valence-electron chi connectivity index (χ4n) is 1.67. The van der Waals surface area contributed by atoms with Crippen molar-refractivity contribution in [3.63, 3.8) is 0 Å². The average molecular weight is 244 g/mol. The van der Waals surface area contributed by atoms with Crippen LogP contribution in [0.1, 0.15) is 13.3 Å². The van der Waals surface area contributed by atoms with Crippen molar-refractivity contribution in [3.05, 3.63) is 46.8 Å². The Balaban J connectivity index is 2.43. The van der Waals surface area contributed by atoms with Crippen molar-refractivity contribution in [2.24, 2.45) is 0 Å². The standard InChI is InChI=1S/C14H16N2O2/c1-2-9-18-13-6-4-3-5-10(13)12-8-7-11(15)14(17)16-12/h3-8H,2,9,15H2,1H3,(H,16,17). The molecular formula is C14H16N2O2. The summed E-state index contributed by atoms with van der Waals surface area (Å²) in [5.74, 6) is 0.764. The molecule has 0 saturated carbocycles. The van der Waals surface area contributed by atoms with Crippen molar-refractivity contribution in [1.82, 2.24) is 4.98 Å². The lowest BCUT2D eigenvalue weighted by Gasteiger charge is -2.10. The first-order valence-corrected chi connectivity index (χ1v) is 5.93. The van der Waals surface area contributed by atoms with Gasteiger partial charge in [-0.3, -0.25) is 4.79 Å². The predicted octanol–water partition coefficient (Wildman–Crippen LogP) is 2.41. The van der Waals surface area contributed by atoms with Gasteiger partial charge in [-0.25, -0.2) is 0 Å². The third-order valence-electron chi connectivity index (χ3n) is 2.58. The minimum atomic E-state index is -0.280. The highest BCUT2D eigenvalue weighted by Crippen LogP contribution is 2.27. The van der Waals surface area contributed by atoms with Gasteiger partial charge in [0.1, 0.15) is 5.75 Å². The van der Waals surface area contributed by atoms with Crippen LogP contribution in [0.4, 0.5) is 5.69 Å². The Morgan fingerprint density at radius 3 is 2.72 bits per heavy atom. The smallest absolute Gasteiger partial charge is 0.271 e. The van der Waals surface area contributed by atoms with Crippen LogP contribution in [0.3, 0.4) is 0 Å². The lowest BCUT2D eigenvalue weighted by molar-refractivity contribution is 0.318. The van der Waals surface area contributed by atoms with Crippen LogP contribution in [-0.2, 0) is 0 Å². The van der Waals surface area contributed by atoms with Gasteiger partial charge in [0.25, 0.3) is 5.56 Å². The van der Waals surface area contributed by atoms with E-state index >= 15 is 0 Å². The van der Waals surface area contributed by atoms with Crippen molar-refractivity contribution < 1.29 is 4.74 Å². The van der Waals surface area contributed by atoms with Crippen molar-refractivity contribution in [1.29, 1.82) is 0 Å². The van der Waals surface area contributed by atoms with Crippen LogP contribution >= 0.6 is 0 Å². The highest BCUT2D eigenvalue weighted by molar-refractivity contribution is 5.67. The quantitative estimate of drug-likeness (QED) is 0.867. The normalized spacial score (nSPS) is 10.3. The molecule has 3 N–H and O–H groups in total. The molecule has 94 valence electrons. The molecule has 0 aliphatic rings. The number of H-pyrrole nitrogens is 1. The zero-order valence-electron chi connectivity index (χ0n) is 10.3. The number of hydrogen-bond acceptors (Lipinski definition) is 3. The molecule has 0 aliphatic heterocycles. The summed E-state index contributed by atoms with van der Waals surface area (Å²) in [7, 11) is 0. The minimum absolute atomic E-state index is 0.214. The number of ether oxygens (including phenoxy) is 1. The Hall–Kier alpha value is -2.23. The van der Waals surface area contributed by atoms with Gasteiger partial charge in [-0.1, -0.05) is 19.1 Å². The molecule has 4 heteroatoms. The summed E-state index contributed by atoms with van der Waals surface area (Å²) < 4.78 is 5.66. The number of aromatic amines is 1. The zero-order valence-corrected chi connectivity index (χ0v) is 10.3. The van der Waals surface area contributed by atoms with Gasteiger partial charge in [0.15, 0.2) is 0 Å². The van der Waals surface area contributed by atoms with Gasteiger partial charge in [-0.05, 0) is 30.7 Å². The molecule has 0 atom stereocenters. The molecule has 0 fully saturated rings. The van der Waals surface area contributed by atoms with Gasteiger partial charge in [-0.15, -0.1) is 0 Å². The van der Waals surface area contributed by atoms with E-state index in [1.165, 1.54) is 0 Å². The summed E-state index contributed by atoms with van der Waals surface area (Å²) in [5, 5.41) is 0. The molecule has 1 heterocycles. The molecule has 4 nitrogen and oxygen atoms in total. The van der Waals surface area contributed by atoms with Gasteiger partial charge in [-0.2, -0.15) is 0 Å². The van der Waals surface area contributed by atoms with E-state index in [1.54, 1.807) is 12.1 Å². The van der Waals surface area contributed by atoms with Gasteiger partial charge in [0, 0.05) is 5.56 Å². The van der Waals surface area contributed by atoms with E-state index in [1.807, 2.05) is 31.2 Å². The molecule has 2 aromatic rings. The highest BCUT2D eigenvalue weighted by atomic mass is 16.5. The largest absolute Gasteiger partial charge is 0.493 e. The van der Waals surface area contributed by atoms with E-state index in [9.17, 15) is 4.79 Å². The van der Waals surface area contributed by atoms with Crippen LogP contribution in [0.5, 0.6) is 5.75 Å². The number of hydrogen-bond donors (Lipinski definition) is 2. The van der Waals surface area contributed by atoms with Gasteiger partial charge in [0.05, 0.1) is 18.0 Å². The van der Waals surface area contributed by atoms with Crippen molar-refractivity contribution >= 4 is 5.69 Å². The third-order valence-corrected chi connectivity index (χ3v) is 2.58. The van der Waals surface area contributed by atoms with Gasteiger partial charge in [0.2, 0.25) is 0 Å². The number of aromatic nitrogens is 1. The number of nitrogens with one attached hydrogen (secondary N) is 1. The van der Waals surface area contributed by atoms with E-state index in [-0.39, 0.29) is 11.2 Å². The van der Waals surface area contributed by atoms with Crippen LogP contribution in [0.25, 0.3) is 11.3 Å².